The maximum absolute atomic E-state index is 12.6. The van der Waals surface area contributed by atoms with Crippen molar-refractivity contribution in [2.75, 3.05) is 18.6 Å². The number of oxazole rings is 1. The molecular weight excluding hydrogens is 345 g/mol. The summed E-state index contributed by atoms with van der Waals surface area (Å²) in [7, 11) is 0. The SMILES string of the molecule is CSCCNC(=O)c1coc(COc2cccc(C(F)(F)F)c2)n1. The molecule has 1 amide bonds. The highest BCUT2D eigenvalue weighted by Gasteiger charge is 2.30. The zero-order valence-corrected chi connectivity index (χ0v) is 13.5. The monoisotopic (exact) mass is 360 g/mol. The van der Waals surface area contributed by atoms with Crippen molar-refractivity contribution in [3.05, 3.63) is 47.7 Å². The molecule has 0 saturated heterocycles. The summed E-state index contributed by atoms with van der Waals surface area (Å²) in [6.45, 7) is 0.322. The molecule has 0 spiro atoms. The van der Waals surface area contributed by atoms with E-state index in [-0.39, 0.29) is 29.8 Å². The minimum Gasteiger partial charge on any atom is -0.484 e. The molecule has 5 nitrogen and oxygen atoms in total. The second kappa shape index (κ2) is 8.09. The third kappa shape index (κ3) is 5.19. The van der Waals surface area contributed by atoms with E-state index in [9.17, 15) is 18.0 Å². The lowest BCUT2D eigenvalue weighted by Crippen LogP contribution is -2.26. The molecule has 0 bridgehead atoms. The van der Waals surface area contributed by atoms with Gasteiger partial charge in [0.1, 0.15) is 12.0 Å². The van der Waals surface area contributed by atoms with Gasteiger partial charge >= 0.3 is 6.18 Å². The molecule has 1 N–H and O–H groups in total. The summed E-state index contributed by atoms with van der Waals surface area (Å²) in [4.78, 5) is 15.7. The first-order valence-electron chi connectivity index (χ1n) is 6.91. The fraction of sp³-hybridized carbons (Fsp3) is 0.333. The summed E-state index contributed by atoms with van der Waals surface area (Å²) >= 11 is 1.59. The van der Waals surface area contributed by atoms with Crippen molar-refractivity contribution < 1.29 is 27.1 Å². The lowest BCUT2D eigenvalue weighted by Gasteiger charge is -2.09. The molecule has 2 rings (SSSR count). The Bertz CT molecular complexity index is 689. The number of rotatable bonds is 7. The van der Waals surface area contributed by atoms with Crippen molar-refractivity contribution in [3.63, 3.8) is 0 Å². The van der Waals surface area contributed by atoms with Crippen molar-refractivity contribution in [1.29, 1.82) is 0 Å². The van der Waals surface area contributed by atoms with E-state index >= 15 is 0 Å². The predicted molar refractivity (Wildman–Crippen MR) is 83.0 cm³/mol. The zero-order chi connectivity index (χ0) is 17.6. The average Bonchev–Trinajstić information content (AvgIpc) is 3.02. The van der Waals surface area contributed by atoms with E-state index in [0.29, 0.717) is 6.54 Å². The Morgan fingerprint density at radius 3 is 2.92 bits per heavy atom. The Balaban J connectivity index is 1.92. The molecule has 0 atom stereocenters. The molecule has 0 saturated carbocycles. The molecular formula is C15H15F3N2O3S. The highest BCUT2D eigenvalue weighted by Crippen LogP contribution is 2.31. The first kappa shape index (κ1) is 18.2. The van der Waals surface area contributed by atoms with E-state index in [1.807, 2.05) is 6.26 Å². The van der Waals surface area contributed by atoms with Crippen LogP contribution in [-0.4, -0.2) is 29.4 Å². The lowest BCUT2D eigenvalue weighted by molar-refractivity contribution is -0.137. The van der Waals surface area contributed by atoms with Crippen molar-refractivity contribution in [3.8, 4) is 5.75 Å². The van der Waals surface area contributed by atoms with Crippen LogP contribution >= 0.6 is 11.8 Å². The Labute approximate surface area is 140 Å². The Morgan fingerprint density at radius 2 is 2.21 bits per heavy atom. The molecule has 0 unspecified atom stereocenters. The fourth-order valence-corrected chi connectivity index (χ4v) is 2.05. The largest absolute Gasteiger partial charge is 0.484 e. The number of ether oxygens (including phenoxy) is 1. The molecule has 0 radical (unpaired) electrons. The number of hydrogen-bond acceptors (Lipinski definition) is 5. The number of aromatic nitrogens is 1. The van der Waals surface area contributed by atoms with Gasteiger partial charge in [-0.25, -0.2) is 4.98 Å². The number of hydrogen-bond donors (Lipinski definition) is 1. The lowest BCUT2D eigenvalue weighted by atomic mass is 10.2. The molecule has 24 heavy (non-hydrogen) atoms. The molecule has 0 aliphatic rings. The number of carbonyl (C=O) groups excluding carboxylic acids is 1. The van der Waals surface area contributed by atoms with Crippen LogP contribution in [-0.2, 0) is 12.8 Å². The summed E-state index contributed by atoms with van der Waals surface area (Å²) in [5.41, 5.74) is -0.708. The number of halogens is 3. The summed E-state index contributed by atoms with van der Waals surface area (Å²) in [6, 6.07) is 4.49. The van der Waals surface area contributed by atoms with Crippen LogP contribution in [0.25, 0.3) is 0 Å². The quantitative estimate of drug-likeness (QED) is 0.767. The van der Waals surface area contributed by atoms with Gasteiger partial charge in [-0.3, -0.25) is 4.79 Å². The summed E-state index contributed by atoms with van der Waals surface area (Å²) < 4.78 is 48.2. The van der Waals surface area contributed by atoms with Gasteiger partial charge in [-0.1, -0.05) is 6.07 Å². The number of nitrogens with zero attached hydrogens (tertiary/aromatic N) is 1. The van der Waals surface area contributed by atoms with Crippen molar-refractivity contribution in [2.24, 2.45) is 0 Å². The normalized spacial score (nSPS) is 11.3. The smallest absolute Gasteiger partial charge is 0.416 e. The molecule has 0 aliphatic carbocycles. The van der Waals surface area contributed by atoms with Gasteiger partial charge in [0.15, 0.2) is 12.3 Å². The summed E-state index contributed by atoms with van der Waals surface area (Å²) in [5.74, 6) is 0.532. The van der Waals surface area contributed by atoms with Crippen LogP contribution < -0.4 is 10.1 Å². The van der Waals surface area contributed by atoms with Crippen LogP contribution in [0.4, 0.5) is 13.2 Å². The van der Waals surface area contributed by atoms with E-state index in [2.05, 4.69) is 10.3 Å². The van der Waals surface area contributed by atoms with Gasteiger partial charge in [-0.05, 0) is 24.5 Å². The van der Waals surface area contributed by atoms with E-state index < -0.39 is 11.7 Å². The number of alkyl halides is 3. The Kier molecular flexibility index (Phi) is 6.13. The van der Waals surface area contributed by atoms with Crippen LogP contribution in [0.2, 0.25) is 0 Å². The first-order chi connectivity index (χ1) is 11.4. The minimum absolute atomic E-state index is 0.0361. The van der Waals surface area contributed by atoms with Gasteiger partial charge in [-0.15, -0.1) is 0 Å². The second-order valence-corrected chi connectivity index (χ2v) is 5.68. The van der Waals surface area contributed by atoms with E-state index in [1.54, 1.807) is 11.8 Å². The third-order valence-electron chi connectivity index (χ3n) is 2.90. The van der Waals surface area contributed by atoms with Gasteiger partial charge in [0.05, 0.1) is 5.56 Å². The fourth-order valence-electron chi connectivity index (χ4n) is 1.75. The van der Waals surface area contributed by atoms with Gasteiger partial charge in [-0.2, -0.15) is 24.9 Å². The van der Waals surface area contributed by atoms with E-state index in [4.69, 9.17) is 9.15 Å². The summed E-state index contributed by atoms with van der Waals surface area (Å²) in [5, 5.41) is 2.66. The number of carbonyl (C=O) groups is 1. The standard InChI is InChI=1S/C15H15F3N2O3S/c1-24-6-5-19-14(21)12-8-23-13(20-12)9-22-11-4-2-3-10(7-11)15(16,17)18/h2-4,7-8H,5-6,9H2,1H3,(H,19,21). The number of nitrogens with one attached hydrogen (secondary N) is 1. The van der Waals surface area contributed by atoms with Crippen molar-refractivity contribution >= 4 is 17.7 Å². The topological polar surface area (TPSA) is 64.4 Å². The molecule has 1 aromatic heterocycles. The number of amides is 1. The van der Waals surface area contributed by atoms with Crippen LogP contribution in [0.3, 0.4) is 0 Å². The molecule has 0 fully saturated rings. The maximum Gasteiger partial charge on any atom is 0.416 e. The second-order valence-electron chi connectivity index (χ2n) is 4.69. The molecule has 2 aromatic rings. The highest BCUT2D eigenvalue weighted by atomic mass is 32.2. The predicted octanol–water partition coefficient (Wildman–Crippen LogP) is 3.37. The highest BCUT2D eigenvalue weighted by molar-refractivity contribution is 7.98. The van der Waals surface area contributed by atoms with Gasteiger partial charge in [0.2, 0.25) is 5.89 Å². The molecule has 9 heteroatoms. The van der Waals surface area contributed by atoms with E-state index in [0.717, 1.165) is 17.9 Å². The molecule has 1 heterocycles. The zero-order valence-electron chi connectivity index (χ0n) is 12.7. The van der Waals surface area contributed by atoms with Crippen LogP contribution in [0.1, 0.15) is 21.9 Å². The van der Waals surface area contributed by atoms with Crippen molar-refractivity contribution in [2.45, 2.75) is 12.8 Å². The van der Waals surface area contributed by atoms with Gasteiger partial charge < -0.3 is 14.5 Å². The van der Waals surface area contributed by atoms with Gasteiger partial charge in [0.25, 0.3) is 5.91 Å². The van der Waals surface area contributed by atoms with Gasteiger partial charge in [0, 0.05) is 12.3 Å². The Hall–Kier alpha value is -2.16. The summed E-state index contributed by atoms with van der Waals surface area (Å²) in [6.07, 6.45) is -1.34. The molecule has 1 aromatic carbocycles. The average molecular weight is 360 g/mol. The van der Waals surface area contributed by atoms with Crippen LogP contribution in [0.5, 0.6) is 5.75 Å². The third-order valence-corrected chi connectivity index (χ3v) is 3.51. The maximum atomic E-state index is 12.6. The van der Waals surface area contributed by atoms with Crippen molar-refractivity contribution in [1.82, 2.24) is 10.3 Å². The molecule has 130 valence electrons. The van der Waals surface area contributed by atoms with E-state index in [1.165, 1.54) is 18.4 Å². The Morgan fingerprint density at radius 1 is 1.42 bits per heavy atom. The number of benzene rings is 1. The first-order valence-corrected chi connectivity index (χ1v) is 8.31. The van der Waals surface area contributed by atoms with Crippen LogP contribution in [0.15, 0.2) is 34.9 Å². The minimum atomic E-state index is -4.44. The molecule has 0 aliphatic heterocycles. The van der Waals surface area contributed by atoms with Crippen LogP contribution in [0, 0.1) is 0 Å². The number of thioether (sulfide) groups is 1.